The van der Waals surface area contributed by atoms with E-state index in [0.29, 0.717) is 6.67 Å². The standard InChI is InChI=1S/C6H6.C5H5N.3C4H4N2.12C4H10.C3H3N3.3C3H4N2.C3H3NO.C3H3NS.C2H3N3.12C2H6/c2*1-2-4-6-5-3-1;1-2-6-4-3-5-1;1-2-5-4-6-3-1;1-2-4-6-5-3-1;12*1-4(2)3;1-2-5-6-3-4-1;2*1-2-5-3-4-1;3*1-2-4-5-3-1;1-3-2-5-4-1;12*1-2/h1-6H;1-5H;3*1-4H;12*4H,1-3H3;1-3H;1-2H,3H2;2*1-3H,(H,4,5);2*1-3H;1-2H,(H,3,4,5);12*1-2H3. The van der Waals surface area contributed by atoms with Crippen LogP contribution in [-0.2, 0) is 0 Å². The molecule has 0 radical (unpaired) electrons. The van der Waals surface area contributed by atoms with Gasteiger partial charge in [0.25, 0.3) is 0 Å². The molecule has 0 saturated heterocycles. The minimum Gasteiger partial charge on any atom is -0.365 e. The molecule has 0 saturated carbocycles. The van der Waals surface area contributed by atoms with Gasteiger partial charge in [0.2, 0.25) is 0 Å². The Hall–Kier alpha value is -9.64. The fourth-order valence-electron chi connectivity index (χ4n) is 2.85. The third-order valence-electron chi connectivity index (χ3n) is 5.35. The Kier molecular flexibility index (Phi) is 330. The first-order chi connectivity index (χ1) is 65.8. The molecule has 11 aromatic rings. The smallest absolute Gasteiger partial charge is 0.138 e. The van der Waals surface area contributed by atoms with Crippen molar-refractivity contribution in [1.29, 1.82) is 0 Å². The number of nitrogens with zero attached hydrogens (tertiary/aromatic N) is 18. The highest BCUT2D eigenvalue weighted by atomic mass is 32.1. The molecule has 0 bridgehead atoms. The van der Waals surface area contributed by atoms with Gasteiger partial charge in [-0.2, -0.15) is 25.5 Å². The van der Waals surface area contributed by atoms with Crippen molar-refractivity contribution in [3.05, 3.63) is 246 Å². The SMILES string of the molecule is C1=NCN=C1.CC.CC.CC.CC.CC.CC.CC.CC.CC.CC.CC.CC.CC(C)C.CC(C)C.CC(C)C.CC(C)C.CC(C)C.CC(C)C.CC(C)C.CC(C)C.CC(C)C.CC(C)C.CC(C)C.CC(C)C.c1c[nH]cn1.c1ccccc1.c1ccncc1.c1ccnnc1.c1cn[nH]c1.c1cnccn1.c1cncnc1.c1cnncn1.c1cnoc1.c1cnsc1.c1nc[nH]n1. The molecule has 12 rings (SSSR count). The van der Waals surface area contributed by atoms with Gasteiger partial charge in [-0.05, 0) is 131 Å². The van der Waals surface area contributed by atoms with E-state index in [-0.39, 0.29) is 0 Å². The Bertz CT molecular complexity index is 2160. The highest BCUT2D eigenvalue weighted by molar-refractivity contribution is 7.03. The van der Waals surface area contributed by atoms with Crippen LogP contribution in [0.15, 0.2) is 260 Å². The summed E-state index contributed by atoms with van der Waals surface area (Å²) in [5.41, 5.74) is 0. The first-order valence-corrected chi connectivity index (χ1v) is 52.5. The minimum atomic E-state index is 0.639. The van der Waals surface area contributed by atoms with Crippen LogP contribution in [0.1, 0.15) is 415 Å². The molecule has 1 aliphatic rings. The van der Waals surface area contributed by atoms with Gasteiger partial charge in [-0.15, -0.1) is 5.10 Å². The molecule has 816 valence electrons. The van der Waals surface area contributed by atoms with E-state index in [9.17, 15) is 0 Å². The van der Waals surface area contributed by atoms with Crippen LogP contribution in [0.3, 0.4) is 0 Å². The minimum absolute atomic E-state index is 0.639. The molecular formula is C115H239N21OS. The lowest BCUT2D eigenvalue weighted by molar-refractivity contribution is 0.420. The van der Waals surface area contributed by atoms with Crippen LogP contribution in [-0.4, -0.2) is 114 Å². The monoisotopic (exact) mass is 1960 g/mol. The van der Waals surface area contributed by atoms with Gasteiger partial charge in [-0.25, -0.2) is 29.3 Å². The molecular weight excluding hydrogens is 1720 g/mol. The summed E-state index contributed by atoms with van der Waals surface area (Å²) in [6, 6.07) is 28.6. The lowest BCUT2D eigenvalue weighted by Crippen LogP contribution is -1.75. The van der Waals surface area contributed by atoms with Crippen molar-refractivity contribution in [2.24, 2.45) is 81.0 Å². The van der Waals surface area contributed by atoms with Crippen molar-refractivity contribution in [1.82, 2.24) is 95.2 Å². The third-order valence-corrected chi connectivity index (χ3v) is 5.88. The quantitative estimate of drug-likeness (QED) is 0.127. The molecule has 23 heteroatoms. The van der Waals surface area contributed by atoms with Gasteiger partial charge >= 0.3 is 0 Å². The van der Waals surface area contributed by atoms with Gasteiger partial charge in [0, 0.05) is 117 Å². The average molecular weight is 1960 g/mol. The van der Waals surface area contributed by atoms with Crippen LogP contribution in [0.25, 0.3) is 0 Å². The largest absolute Gasteiger partial charge is 0.365 e. The van der Waals surface area contributed by atoms with E-state index < -0.39 is 0 Å². The van der Waals surface area contributed by atoms with Gasteiger partial charge in [0.15, 0.2) is 0 Å². The molecule has 0 unspecified atom stereocenters. The topological polar surface area (TPSA) is 291 Å². The van der Waals surface area contributed by atoms with Crippen LogP contribution < -0.4 is 0 Å². The number of H-pyrrole nitrogens is 3. The number of hydrogen-bond donors (Lipinski definition) is 3. The zero-order valence-electron chi connectivity index (χ0n) is 102. The predicted octanol–water partition coefficient (Wildman–Crippen LogP) is 38.9. The van der Waals surface area contributed by atoms with E-state index in [1.165, 1.54) is 49.3 Å². The summed E-state index contributed by atoms with van der Waals surface area (Å²) < 4.78 is 8.10. The number of aromatic nitrogens is 19. The fraction of sp³-hybridized carbons (Fsp3) is 0.635. The molecule has 0 fully saturated rings. The first kappa shape index (κ1) is 191. The number of aromatic amines is 3. The summed E-state index contributed by atoms with van der Waals surface area (Å²) in [6.07, 6.45) is 42.5. The van der Waals surface area contributed by atoms with Crippen LogP contribution in [0.5, 0.6) is 0 Å². The van der Waals surface area contributed by atoms with E-state index in [0.717, 1.165) is 71.0 Å². The van der Waals surface area contributed by atoms with Crippen molar-refractivity contribution in [2.75, 3.05) is 6.67 Å². The molecule has 0 aliphatic carbocycles. The highest BCUT2D eigenvalue weighted by Crippen LogP contribution is 1.88. The second-order valence-corrected chi connectivity index (χ2v) is 31.5. The normalized spacial score (nSPS) is 7.83. The fourth-order valence-corrected chi connectivity index (χ4v) is 3.20. The molecule has 0 amide bonds. The molecule has 3 N–H and O–H groups in total. The van der Waals surface area contributed by atoms with Gasteiger partial charge in [0.05, 0.1) is 18.7 Å². The first-order valence-electron chi connectivity index (χ1n) is 51.6. The second-order valence-electron chi connectivity index (χ2n) is 30.8. The second kappa shape index (κ2) is 238. The summed E-state index contributed by atoms with van der Waals surface area (Å²) in [5.74, 6) is 10.0. The van der Waals surface area contributed by atoms with E-state index in [1.807, 2.05) is 250 Å². The third kappa shape index (κ3) is 625. The Morgan fingerprint density at radius 1 is 0.217 bits per heavy atom. The van der Waals surface area contributed by atoms with E-state index >= 15 is 0 Å². The van der Waals surface area contributed by atoms with E-state index in [2.05, 4.69) is 359 Å². The van der Waals surface area contributed by atoms with Crippen molar-refractivity contribution < 1.29 is 4.52 Å². The Labute approximate surface area is 867 Å². The maximum Gasteiger partial charge on any atom is 0.138 e. The maximum absolute atomic E-state index is 4.33. The van der Waals surface area contributed by atoms with Gasteiger partial charge < -0.3 is 9.51 Å². The van der Waals surface area contributed by atoms with Crippen LogP contribution >= 0.6 is 11.5 Å². The number of hydrogen-bond acceptors (Lipinski definition) is 20. The zero-order chi connectivity index (χ0) is 114. The van der Waals surface area contributed by atoms with Crippen LogP contribution in [0.4, 0.5) is 0 Å². The van der Waals surface area contributed by atoms with Gasteiger partial charge in [-0.1, -0.05) is 463 Å². The van der Waals surface area contributed by atoms with Crippen molar-refractivity contribution in [3.63, 3.8) is 0 Å². The summed E-state index contributed by atoms with van der Waals surface area (Å²) in [7, 11) is 0. The summed E-state index contributed by atoms with van der Waals surface area (Å²) >= 11 is 1.46. The van der Waals surface area contributed by atoms with Crippen molar-refractivity contribution >= 4 is 24.0 Å². The number of rotatable bonds is 0. The number of benzene rings is 1. The Balaban J connectivity index is -0.0000000443. The molecule has 1 aromatic carbocycles. The summed E-state index contributed by atoms with van der Waals surface area (Å²) in [4.78, 5) is 39.6. The Morgan fingerprint density at radius 2 is 0.514 bits per heavy atom. The molecule has 1 aliphatic heterocycles. The molecule has 0 atom stereocenters. The van der Waals surface area contributed by atoms with E-state index in [4.69, 9.17) is 0 Å². The average Bonchev–Trinajstić information content (AvgIpc) is 1.56. The molecule has 138 heavy (non-hydrogen) atoms. The number of aliphatic imine (C=N–C) groups is 2. The number of imidazole rings is 1. The Morgan fingerprint density at radius 3 is 0.601 bits per heavy atom. The van der Waals surface area contributed by atoms with E-state index in [1.54, 1.807) is 136 Å². The zero-order valence-corrected chi connectivity index (χ0v) is 103. The van der Waals surface area contributed by atoms with Gasteiger partial charge in [0.1, 0.15) is 38.2 Å². The van der Waals surface area contributed by atoms with Crippen LogP contribution in [0, 0.1) is 71.0 Å². The predicted molar refractivity (Wildman–Crippen MR) is 633 cm³/mol. The van der Waals surface area contributed by atoms with Crippen molar-refractivity contribution in [2.45, 2.75) is 415 Å². The lowest BCUT2D eigenvalue weighted by atomic mass is 10.3. The van der Waals surface area contributed by atoms with Crippen molar-refractivity contribution in [3.8, 4) is 0 Å². The van der Waals surface area contributed by atoms with Crippen LogP contribution in [0.2, 0.25) is 0 Å². The maximum atomic E-state index is 4.33. The molecule has 10 aromatic heterocycles. The molecule has 22 nitrogen and oxygen atoms in total. The highest BCUT2D eigenvalue weighted by Gasteiger charge is 1.76. The lowest BCUT2D eigenvalue weighted by Gasteiger charge is -1.79. The number of pyridine rings is 1. The van der Waals surface area contributed by atoms with Gasteiger partial charge in [-0.3, -0.25) is 35.1 Å². The number of nitrogens with one attached hydrogen (secondary N) is 3. The molecule has 0 spiro atoms. The molecule has 11 heterocycles. The summed E-state index contributed by atoms with van der Waals surface area (Å²) in [6.45, 7) is 127. The summed E-state index contributed by atoms with van der Waals surface area (Å²) in [5, 5.41) is 31.4.